The summed E-state index contributed by atoms with van der Waals surface area (Å²) in [5, 5.41) is 3.11. The number of anilines is 1. The minimum atomic E-state index is -0.481. The van der Waals surface area contributed by atoms with Gasteiger partial charge in [0, 0.05) is 25.3 Å². The van der Waals surface area contributed by atoms with Gasteiger partial charge < -0.3 is 15.0 Å². The number of rotatable bonds is 8. The van der Waals surface area contributed by atoms with Crippen LogP contribution in [0, 0.1) is 0 Å². The predicted molar refractivity (Wildman–Crippen MR) is 139 cm³/mol. The number of hydrogen-bond acceptors (Lipinski definition) is 7. The molecular weight excluding hydrogens is 482 g/mol. The second kappa shape index (κ2) is 10.5. The number of aryl methyl sites for hydroxylation is 1. The number of hydrogen-bond donors (Lipinski definition) is 2. The number of allylic oxidation sites excluding steroid dienone is 1. The highest BCUT2D eigenvalue weighted by molar-refractivity contribution is 7.99. The second-order valence-corrected chi connectivity index (χ2v) is 8.80. The number of carbonyl (C=O) groups is 2. The maximum Gasteiger partial charge on any atom is 0.332 e. The number of carbonyl (C=O) groups excluding carboxylic acids is 2. The molecule has 0 spiro atoms. The van der Waals surface area contributed by atoms with Gasteiger partial charge in [0.1, 0.15) is 5.75 Å². The molecule has 11 heteroatoms. The van der Waals surface area contributed by atoms with Crippen LogP contribution in [0.4, 0.5) is 5.69 Å². The molecule has 0 bridgehead atoms. The zero-order valence-electron chi connectivity index (χ0n) is 19.8. The van der Waals surface area contributed by atoms with Gasteiger partial charge in [-0.15, -0.1) is 0 Å². The van der Waals surface area contributed by atoms with E-state index in [1.165, 1.54) is 24.7 Å². The number of H-pyrrole nitrogens is 1. The Morgan fingerprint density at radius 1 is 1.06 bits per heavy atom. The van der Waals surface area contributed by atoms with Crippen molar-refractivity contribution in [2.45, 2.75) is 5.16 Å². The molecule has 4 rings (SSSR count). The molecule has 2 aromatic heterocycles. The molecule has 0 saturated carbocycles. The monoisotopic (exact) mass is 505 g/mol. The average Bonchev–Trinajstić information content (AvgIpc) is 3.33. The summed E-state index contributed by atoms with van der Waals surface area (Å²) in [5.74, 6) is 0.314. The lowest BCUT2D eigenvalue weighted by molar-refractivity contribution is -0.113. The smallest absolute Gasteiger partial charge is 0.332 e. The summed E-state index contributed by atoms with van der Waals surface area (Å²) < 4.78 is 7.38. The molecule has 0 aliphatic rings. The summed E-state index contributed by atoms with van der Waals surface area (Å²) in [6.07, 6.45) is 3.21. The van der Waals surface area contributed by atoms with Crippen molar-refractivity contribution in [3.63, 3.8) is 0 Å². The Balaban J connectivity index is 1.34. The lowest BCUT2D eigenvalue weighted by Crippen LogP contribution is -2.36. The van der Waals surface area contributed by atoms with Gasteiger partial charge in [0.25, 0.3) is 5.56 Å². The van der Waals surface area contributed by atoms with Crippen molar-refractivity contribution in [3.8, 4) is 5.75 Å². The SMILES string of the molecule is COc1ccc(/C=C/C(=O)c2ccc(NC(=O)CSc3nc4c([nH]3)c(=O)n(C)c(=O)n4C)cc2)cc1. The van der Waals surface area contributed by atoms with Crippen LogP contribution in [0.5, 0.6) is 5.75 Å². The summed E-state index contributed by atoms with van der Waals surface area (Å²) in [7, 11) is 4.51. The van der Waals surface area contributed by atoms with Crippen LogP contribution in [-0.4, -0.2) is 43.7 Å². The molecule has 184 valence electrons. The Bertz CT molecular complexity index is 1580. The van der Waals surface area contributed by atoms with Crippen LogP contribution in [-0.2, 0) is 18.9 Å². The Kier molecular flexibility index (Phi) is 7.20. The van der Waals surface area contributed by atoms with Gasteiger partial charge in [0.05, 0.1) is 12.9 Å². The minimum Gasteiger partial charge on any atom is -0.497 e. The van der Waals surface area contributed by atoms with Crippen molar-refractivity contribution < 1.29 is 14.3 Å². The second-order valence-electron chi connectivity index (χ2n) is 7.83. The van der Waals surface area contributed by atoms with Crippen LogP contribution in [0.15, 0.2) is 69.4 Å². The van der Waals surface area contributed by atoms with Gasteiger partial charge in [-0.2, -0.15) is 0 Å². The van der Waals surface area contributed by atoms with E-state index in [9.17, 15) is 19.2 Å². The van der Waals surface area contributed by atoms with E-state index < -0.39 is 11.2 Å². The average molecular weight is 506 g/mol. The largest absolute Gasteiger partial charge is 0.497 e. The molecule has 0 radical (unpaired) electrons. The first-order valence-corrected chi connectivity index (χ1v) is 11.8. The Labute approximate surface area is 209 Å². The summed E-state index contributed by atoms with van der Waals surface area (Å²) in [5.41, 5.74) is 1.37. The molecule has 36 heavy (non-hydrogen) atoms. The van der Waals surface area contributed by atoms with Crippen molar-refractivity contribution in [2.75, 3.05) is 18.2 Å². The van der Waals surface area contributed by atoms with E-state index in [1.54, 1.807) is 37.5 Å². The van der Waals surface area contributed by atoms with Crippen LogP contribution in [0.25, 0.3) is 17.2 Å². The number of nitrogens with one attached hydrogen (secondary N) is 2. The molecule has 10 nitrogen and oxygen atoms in total. The third-order valence-corrected chi connectivity index (χ3v) is 6.28. The quantitative estimate of drug-likeness (QED) is 0.214. The molecule has 4 aromatic rings. The minimum absolute atomic E-state index is 0.0271. The van der Waals surface area contributed by atoms with Crippen molar-refractivity contribution >= 4 is 46.4 Å². The number of amides is 1. The molecule has 0 aliphatic heterocycles. The Hall–Kier alpha value is -4.38. The van der Waals surface area contributed by atoms with Crippen LogP contribution in [0.2, 0.25) is 0 Å². The van der Waals surface area contributed by atoms with Crippen LogP contribution >= 0.6 is 11.8 Å². The molecule has 2 aromatic carbocycles. The summed E-state index contributed by atoms with van der Waals surface area (Å²) in [4.78, 5) is 56.3. The topological polar surface area (TPSA) is 128 Å². The van der Waals surface area contributed by atoms with Gasteiger partial charge >= 0.3 is 5.69 Å². The first-order valence-electron chi connectivity index (χ1n) is 10.8. The van der Waals surface area contributed by atoms with E-state index in [0.29, 0.717) is 16.4 Å². The third-order valence-electron chi connectivity index (χ3n) is 5.41. The lowest BCUT2D eigenvalue weighted by Gasteiger charge is -2.05. The zero-order valence-corrected chi connectivity index (χ0v) is 20.6. The van der Waals surface area contributed by atoms with E-state index >= 15 is 0 Å². The number of fused-ring (bicyclic) bond motifs is 1. The Morgan fingerprint density at radius 3 is 2.42 bits per heavy atom. The number of ketones is 1. The van der Waals surface area contributed by atoms with Crippen LogP contribution in [0.1, 0.15) is 15.9 Å². The van der Waals surface area contributed by atoms with Crippen LogP contribution < -0.4 is 21.3 Å². The highest BCUT2D eigenvalue weighted by Crippen LogP contribution is 2.18. The zero-order chi connectivity index (χ0) is 25.8. The van der Waals surface area contributed by atoms with E-state index in [4.69, 9.17) is 4.74 Å². The highest BCUT2D eigenvalue weighted by Gasteiger charge is 2.14. The number of aromatic amines is 1. The summed E-state index contributed by atoms with van der Waals surface area (Å²) in [6.45, 7) is 0. The predicted octanol–water partition coefficient (Wildman–Crippen LogP) is 2.60. The van der Waals surface area contributed by atoms with Gasteiger partial charge in [-0.1, -0.05) is 30.0 Å². The van der Waals surface area contributed by atoms with Gasteiger partial charge in [-0.25, -0.2) is 9.78 Å². The van der Waals surface area contributed by atoms with E-state index in [0.717, 1.165) is 27.6 Å². The highest BCUT2D eigenvalue weighted by atomic mass is 32.2. The molecule has 0 aliphatic carbocycles. The number of imidazole rings is 1. The first kappa shape index (κ1) is 24.7. The number of thioether (sulfide) groups is 1. The third kappa shape index (κ3) is 5.31. The fourth-order valence-electron chi connectivity index (χ4n) is 3.41. The number of methoxy groups -OCH3 is 1. The van der Waals surface area contributed by atoms with E-state index in [1.807, 2.05) is 24.3 Å². The first-order chi connectivity index (χ1) is 17.3. The van der Waals surface area contributed by atoms with E-state index in [-0.39, 0.29) is 28.6 Å². The van der Waals surface area contributed by atoms with Gasteiger partial charge in [0.2, 0.25) is 5.91 Å². The molecule has 0 fully saturated rings. The molecule has 0 atom stereocenters. The fourth-order valence-corrected chi connectivity index (χ4v) is 4.07. The standard InChI is InChI=1S/C25H23N5O5S/c1-29-22-21(23(33)30(2)25(29)34)27-24(28-22)36-14-20(32)26-17-9-7-16(8-10-17)19(31)13-6-15-4-11-18(35-3)12-5-15/h4-13H,14H2,1-3H3,(H,26,32)(H,27,28)/b13-6+. The fraction of sp³-hybridized carbons (Fsp3) is 0.160. The number of aromatic nitrogens is 4. The lowest BCUT2D eigenvalue weighted by atomic mass is 10.1. The molecule has 1 amide bonds. The molecule has 0 unspecified atom stereocenters. The van der Waals surface area contributed by atoms with Crippen molar-refractivity contribution in [1.82, 2.24) is 19.1 Å². The molecular formula is C25H23N5O5S. The summed E-state index contributed by atoms with van der Waals surface area (Å²) >= 11 is 1.10. The Morgan fingerprint density at radius 2 is 1.75 bits per heavy atom. The number of ether oxygens (including phenoxy) is 1. The summed E-state index contributed by atoms with van der Waals surface area (Å²) in [6, 6.07) is 13.9. The molecule has 2 N–H and O–H groups in total. The normalized spacial score (nSPS) is 11.2. The van der Waals surface area contributed by atoms with Gasteiger partial charge in [0.15, 0.2) is 22.1 Å². The van der Waals surface area contributed by atoms with E-state index in [2.05, 4.69) is 15.3 Å². The van der Waals surface area contributed by atoms with Crippen molar-refractivity contribution in [3.05, 3.63) is 86.6 Å². The maximum absolute atomic E-state index is 12.4. The number of nitrogens with zero attached hydrogens (tertiary/aromatic N) is 3. The van der Waals surface area contributed by atoms with Gasteiger partial charge in [-0.3, -0.25) is 23.5 Å². The molecule has 0 saturated heterocycles. The van der Waals surface area contributed by atoms with Crippen molar-refractivity contribution in [2.24, 2.45) is 14.1 Å². The van der Waals surface area contributed by atoms with Crippen molar-refractivity contribution in [1.29, 1.82) is 0 Å². The maximum atomic E-state index is 12.4. The molecule has 2 heterocycles. The van der Waals surface area contributed by atoms with Gasteiger partial charge in [-0.05, 0) is 48.0 Å². The van der Waals surface area contributed by atoms with Crippen LogP contribution in [0.3, 0.4) is 0 Å². The number of benzene rings is 2.